The lowest BCUT2D eigenvalue weighted by atomic mass is 10.0. The van der Waals surface area contributed by atoms with Gasteiger partial charge in [-0.15, -0.1) is 10.2 Å². The third-order valence-corrected chi connectivity index (χ3v) is 6.86. The predicted molar refractivity (Wildman–Crippen MR) is 112 cm³/mol. The van der Waals surface area contributed by atoms with Crippen LogP contribution in [0.1, 0.15) is 40.4 Å². The fourth-order valence-corrected chi connectivity index (χ4v) is 5.31. The number of esters is 1. The van der Waals surface area contributed by atoms with Crippen LogP contribution in [0.3, 0.4) is 0 Å². The Kier molecular flexibility index (Phi) is 5.89. The van der Waals surface area contributed by atoms with Crippen LogP contribution in [0, 0.1) is 0 Å². The first-order valence-corrected chi connectivity index (χ1v) is 10.7. The van der Waals surface area contributed by atoms with Crippen molar-refractivity contribution in [2.45, 2.75) is 23.8 Å². The second-order valence-corrected chi connectivity index (χ2v) is 8.91. The van der Waals surface area contributed by atoms with Crippen LogP contribution in [0.25, 0.3) is 5.69 Å². The molecule has 0 aliphatic carbocycles. The normalized spacial score (nSPS) is 18.2. The van der Waals surface area contributed by atoms with Crippen LogP contribution in [-0.4, -0.2) is 20.7 Å². The zero-order valence-corrected chi connectivity index (χ0v) is 18.5. The fourth-order valence-electron chi connectivity index (χ4n) is 3.26. The molecule has 162 valence electrons. The number of hydrogen-bond donors (Lipinski definition) is 0. The van der Waals surface area contributed by atoms with Gasteiger partial charge in [-0.2, -0.15) is 13.2 Å². The first-order valence-electron chi connectivity index (χ1n) is 8.67. The second-order valence-electron chi connectivity index (χ2n) is 6.52. The number of fused-ring (bicyclic) bond motifs is 3. The summed E-state index contributed by atoms with van der Waals surface area (Å²) in [4.78, 5) is 11.7. The van der Waals surface area contributed by atoms with Crippen molar-refractivity contribution in [1.82, 2.24) is 14.8 Å². The van der Waals surface area contributed by atoms with Crippen molar-refractivity contribution in [2.75, 3.05) is 0 Å². The summed E-state index contributed by atoms with van der Waals surface area (Å²) in [6.45, 7) is 1.15. The van der Waals surface area contributed by atoms with E-state index in [4.69, 9.17) is 39.5 Å². The zero-order valence-electron chi connectivity index (χ0n) is 15.5. The lowest BCUT2D eigenvalue weighted by Crippen LogP contribution is -2.17. The van der Waals surface area contributed by atoms with Gasteiger partial charge in [0.25, 0.3) is 0 Å². The number of carbonyl (C=O) groups excluding carboxylic acids is 1. The van der Waals surface area contributed by atoms with E-state index >= 15 is 0 Å². The Balaban J connectivity index is 2.04. The van der Waals surface area contributed by atoms with Crippen LogP contribution in [0.5, 0.6) is 0 Å². The monoisotopic (exact) mass is 507 g/mol. The number of benzene rings is 2. The number of alkyl halides is 3. The highest BCUT2D eigenvalue weighted by Gasteiger charge is 2.44. The maximum Gasteiger partial charge on any atom is 0.452 e. The average molecular weight is 509 g/mol. The van der Waals surface area contributed by atoms with Gasteiger partial charge < -0.3 is 4.74 Å². The number of carbonyl (C=O) groups is 1. The summed E-state index contributed by atoms with van der Waals surface area (Å²) in [6.07, 6.45) is -4.80. The number of halogens is 6. The van der Waals surface area contributed by atoms with Crippen LogP contribution in [0.2, 0.25) is 15.1 Å². The van der Waals surface area contributed by atoms with Gasteiger partial charge >= 0.3 is 12.1 Å². The van der Waals surface area contributed by atoms with Gasteiger partial charge in [0.15, 0.2) is 5.82 Å². The first-order chi connectivity index (χ1) is 14.6. The third-order valence-electron chi connectivity index (χ3n) is 4.46. The molecule has 1 aliphatic rings. The summed E-state index contributed by atoms with van der Waals surface area (Å²) in [5.74, 6) is -2.13. The van der Waals surface area contributed by atoms with Crippen molar-refractivity contribution in [2.24, 2.45) is 0 Å². The van der Waals surface area contributed by atoms with Crippen LogP contribution in [-0.2, 0) is 15.7 Å². The number of nitrogens with zero attached hydrogens (tertiary/aromatic N) is 3. The molecule has 2 atom stereocenters. The molecule has 3 aromatic rings. The number of thioether (sulfide) groups is 1. The highest BCUT2D eigenvalue weighted by atomic mass is 35.5. The zero-order chi connectivity index (χ0) is 22.5. The van der Waals surface area contributed by atoms with Crippen molar-refractivity contribution in [3.63, 3.8) is 0 Å². The molecule has 0 fully saturated rings. The van der Waals surface area contributed by atoms with Crippen molar-refractivity contribution in [1.29, 1.82) is 0 Å². The van der Waals surface area contributed by atoms with E-state index in [2.05, 4.69) is 10.2 Å². The number of aromatic nitrogens is 3. The molecule has 31 heavy (non-hydrogen) atoms. The number of hydrogen-bond acceptors (Lipinski definition) is 5. The topological polar surface area (TPSA) is 57.0 Å². The quantitative estimate of drug-likeness (QED) is 0.363. The van der Waals surface area contributed by atoms with Gasteiger partial charge in [-0.1, -0.05) is 58.7 Å². The summed E-state index contributed by atoms with van der Waals surface area (Å²) in [6, 6.07) is 9.37. The standard InChI is InChI=1S/C19H11Cl3F3N3O2S/c1-8(29)30-17-16-26-27-18(19(23,24)25)28(16)13-6-5-9(20)7-11(13)15(31-17)10-3-2-4-12(21)14(10)22/h2-7,15,17H,1H3. The molecule has 0 saturated heterocycles. The predicted octanol–water partition coefficient (Wildman–Crippen LogP) is 6.64. The van der Waals surface area contributed by atoms with Crippen LogP contribution < -0.4 is 0 Å². The highest BCUT2D eigenvalue weighted by molar-refractivity contribution is 7.99. The lowest BCUT2D eigenvalue weighted by molar-refractivity contribution is -0.146. The van der Waals surface area contributed by atoms with Gasteiger partial charge in [0.1, 0.15) is 0 Å². The molecule has 0 N–H and O–H groups in total. The molecular weight excluding hydrogens is 498 g/mol. The molecule has 5 nitrogen and oxygen atoms in total. The molecule has 2 aromatic carbocycles. The summed E-state index contributed by atoms with van der Waals surface area (Å²) in [7, 11) is 0. The van der Waals surface area contributed by atoms with E-state index in [-0.39, 0.29) is 21.6 Å². The van der Waals surface area contributed by atoms with Gasteiger partial charge in [0.2, 0.25) is 11.3 Å². The molecule has 1 aliphatic heterocycles. The average Bonchev–Trinajstić information content (AvgIpc) is 3.08. The van der Waals surface area contributed by atoms with E-state index in [1.165, 1.54) is 18.2 Å². The maximum atomic E-state index is 13.7. The maximum absolute atomic E-state index is 13.7. The van der Waals surface area contributed by atoms with E-state index in [9.17, 15) is 18.0 Å². The van der Waals surface area contributed by atoms with Gasteiger partial charge in [0.05, 0.1) is 21.0 Å². The molecule has 1 aromatic heterocycles. The van der Waals surface area contributed by atoms with Crippen LogP contribution >= 0.6 is 46.6 Å². The van der Waals surface area contributed by atoms with Crippen LogP contribution in [0.4, 0.5) is 13.2 Å². The largest absolute Gasteiger partial charge is 0.452 e. The Morgan fingerprint density at radius 1 is 1.13 bits per heavy atom. The van der Waals surface area contributed by atoms with Gasteiger partial charge in [0, 0.05) is 11.9 Å². The smallest absolute Gasteiger partial charge is 0.443 e. The molecule has 2 heterocycles. The minimum atomic E-state index is -4.80. The van der Waals surface area contributed by atoms with Crippen molar-refractivity contribution in [3.05, 3.63) is 74.2 Å². The second kappa shape index (κ2) is 8.20. The Labute approximate surface area is 193 Å². The molecular formula is C19H11Cl3F3N3O2S. The first kappa shape index (κ1) is 22.3. The molecule has 0 radical (unpaired) electrons. The lowest BCUT2D eigenvalue weighted by Gasteiger charge is -2.22. The van der Waals surface area contributed by atoms with Gasteiger partial charge in [-0.3, -0.25) is 9.36 Å². The molecule has 0 amide bonds. The number of ether oxygens (including phenoxy) is 1. The van der Waals surface area contributed by atoms with Crippen molar-refractivity contribution in [3.8, 4) is 5.69 Å². The van der Waals surface area contributed by atoms with Crippen molar-refractivity contribution >= 4 is 52.5 Å². The molecule has 4 rings (SSSR count). The van der Waals surface area contributed by atoms with E-state index in [1.54, 1.807) is 18.2 Å². The molecule has 0 spiro atoms. The molecule has 0 bridgehead atoms. The summed E-state index contributed by atoms with van der Waals surface area (Å²) >= 11 is 19.8. The van der Waals surface area contributed by atoms with Crippen molar-refractivity contribution < 1.29 is 22.7 Å². The van der Waals surface area contributed by atoms with E-state index in [1.807, 2.05) is 0 Å². The molecule has 12 heteroatoms. The summed E-state index contributed by atoms with van der Waals surface area (Å²) < 4.78 is 47.4. The highest BCUT2D eigenvalue weighted by Crippen LogP contribution is 2.52. The molecule has 2 unspecified atom stereocenters. The van der Waals surface area contributed by atoms with Crippen LogP contribution in [0.15, 0.2) is 36.4 Å². The third kappa shape index (κ3) is 4.11. The molecule has 0 saturated carbocycles. The minimum Gasteiger partial charge on any atom is -0.443 e. The Morgan fingerprint density at radius 3 is 2.55 bits per heavy atom. The Morgan fingerprint density at radius 2 is 1.87 bits per heavy atom. The summed E-state index contributed by atoms with van der Waals surface area (Å²) in [5.41, 5.74) is -0.137. The van der Waals surface area contributed by atoms with E-state index in [0.717, 1.165) is 23.3 Å². The van der Waals surface area contributed by atoms with Gasteiger partial charge in [-0.05, 0) is 35.4 Å². The van der Waals surface area contributed by atoms with E-state index in [0.29, 0.717) is 16.1 Å². The van der Waals surface area contributed by atoms with Gasteiger partial charge in [-0.25, -0.2) is 0 Å². The fraction of sp³-hybridized carbons (Fsp3) is 0.211. The number of rotatable bonds is 2. The SMILES string of the molecule is CC(=O)OC1SC(c2cccc(Cl)c2Cl)c2cc(Cl)ccc2-n2c1nnc2C(F)(F)F. The minimum absolute atomic E-state index is 0.139. The Hall–Kier alpha value is -1.94. The Bertz CT molecular complexity index is 1190. The summed E-state index contributed by atoms with van der Waals surface area (Å²) in [5, 5.41) is 7.16. The van der Waals surface area contributed by atoms with E-state index < -0.39 is 28.7 Å².